The molecule has 0 aliphatic rings. The van der Waals surface area contributed by atoms with Gasteiger partial charge in [0.25, 0.3) is 0 Å². The first-order valence-electron chi connectivity index (χ1n) is 6.53. The molecule has 0 fully saturated rings. The van der Waals surface area contributed by atoms with Crippen LogP contribution in [0.1, 0.15) is 29.8 Å². The zero-order valence-electron chi connectivity index (χ0n) is 11.1. The number of rotatable bonds is 6. The summed E-state index contributed by atoms with van der Waals surface area (Å²) in [5, 5.41) is 3.47. The van der Waals surface area contributed by atoms with E-state index in [0.717, 1.165) is 32.2 Å². The van der Waals surface area contributed by atoms with Crippen LogP contribution in [-0.2, 0) is 6.42 Å². The van der Waals surface area contributed by atoms with E-state index in [1.54, 1.807) is 6.07 Å². The SMILES string of the molecule is CCCNC(Cc1ccccc1F)c1cc(Br)c(Cl)s1. The predicted octanol–water partition coefficient (Wildman–Crippen LogP) is 5.59. The minimum Gasteiger partial charge on any atom is -0.309 e. The Labute approximate surface area is 136 Å². The Morgan fingerprint density at radius 2 is 2.15 bits per heavy atom. The maximum Gasteiger partial charge on any atom is 0.126 e. The molecule has 108 valence electrons. The Balaban J connectivity index is 2.21. The molecule has 0 saturated heterocycles. The fourth-order valence-electron chi connectivity index (χ4n) is 2.01. The second-order valence-corrected chi connectivity index (χ2v) is 7.11. The van der Waals surface area contributed by atoms with E-state index in [2.05, 4.69) is 28.2 Å². The largest absolute Gasteiger partial charge is 0.309 e. The highest BCUT2D eigenvalue weighted by Gasteiger charge is 2.17. The molecule has 1 atom stereocenters. The summed E-state index contributed by atoms with van der Waals surface area (Å²) >= 11 is 11.1. The molecule has 2 rings (SSSR count). The summed E-state index contributed by atoms with van der Waals surface area (Å²) in [5.41, 5.74) is 0.724. The van der Waals surface area contributed by atoms with Crippen molar-refractivity contribution in [1.82, 2.24) is 5.32 Å². The summed E-state index contributed by atoms with van der Waals surface area (Å²) in [4.78, 5) is 1.12. The molecule has 1 aromatic carbocycles. The maximum absolute atomic E-state index is 13.8. The number of nitrogens with one attached hydrogen (secondary N) is 1. The zero-order valence-corrected chi connectivity index (χ0v) is 14.3. The summed E-state index contributed by atoms with van der Waals surface area (Å²) in [6.07, 6.45) is 1.66. The van der Waals surface area contributed by atoms with Gasteiger partial charge < -0.3 is 5.32 Å². The smallest absolute Gasteiger partial charge is 0.126 e. The Hall–Kier alpha value is -0.420. The first-order chi connectivity index (χ1) is 9.61. The van der Waals surface area contributed by atoms with Crippen molar-refractivity contribution in [2.24, 2.45) is 0 Å². The van der Waals surface area contributed by atoms with Gasteiger partial charge in [-0.2, -0.15) is 0 Å². The quantitative estimate of drug-likeness (QED) is 0.693. The van der Waals surface area contributed by atoms with Crippen LogP contribution in [-0.4, -0.2) is 6.54 Å². The summed E-state index contributed by atoms with van der Waals surface area (Å²) in [6.45, 7) is 3.01. The van der Waals surface area contributed by atoms with Gasteiger partial charge in [0.05, 0.1) is 0 Å². The van der Waals surface area contributed by atoms with E-state index >= 15 is 0 Å². The van der Waals surface area contributed by atoms with Gasteiger partial charge in [0.1, 0.15) is 10.2 Å². The van der Waals surface area contributed by atoms with Crippen LogP contribution in [0.15, 0.2) is 34.8 Å². The summed E-state index contributed by atoms with van der Waals surface area (Å²) in [6, 6.07) is 9.02. The van der Waals surface area contributed by atoms with Gasteiger partial charge in [0.2, 0.25) is 0 Å². The second-order valence-electron chi connectivity index (χ2n) is 4.57. The van der Waals surface area contributed by atoms with Crippen molar-refractivity contribution in [1.29, 1.82) is 0 Å². The molecule has 2 aromatic rings. The molecule has 1 N–H and O–H groups in total. The van der Waals surface area contributed by atoms with E-state index < -0.39 is 0 Å². The summed E-state index contributed by atoms with van der Waals surface area (Å²) < 4.78 is 15.4. The minimum absolute atomic E-state index is 0.0839. The lowest BCUT2D eigenvalue weighted by molar-refractivity contribution is 0.519. The lowest BCUT2D eigenvalue weighted by atomic mass is 10.0. The third kappa shape index (κ3) is 4.04. The van der Waals surface area contributed by atoms with Crippen molar-refractivity contribution < 1.29 is 4.39 Å². The van der Waals surface area contributed by atoms with Gasteiger partial charge in [0.15, 0.2) is 0 Å². The fourth-order valence-corrected chi connectivity index (χ4v) is 3.82. The highest BCUT2D eigenvalue weighted by molar-refractivity contribution is 9.10. The van der Waals surface area contributed by atoms with E-state index in [0.29, 0.717) is 6.42 Å². The van der Waals surface area contributed by atoms with Crippen molar-refractivity contribution >= 4 is 38.9 Å². The first-order valence-corrected chi connectivity index (χ1v) is 8.52. The molecule has 20 heavy (non-hydrogen) atoms. The number of thiophene rings is 1. The molecular formula is C15H16BrClFNS. The third-order valence-corrected chi connectivity index (χ3v) is 5.62. The number of benzene rings is 1. The number of hydrogen-bond donors (Lipinski definition) is 1. The lowest BCUT2D eigenvalue weighted by Gasteiger charge is -2.17. The highest BCUT2D eigenvalue weighted by Crippen LogP contribution is 2.36. The summed E-state index contributed by atoms with van der Waals surface area (Å²) in [5.74, 6) is -0.155. The number of hydrogen-bond acceptors (Lipinski definition) is 2. The Kier molecular flexibility index (Phi) is 6.02. The van der Waals surface area contributed by atoms with Gasteiger partial charge in [-0.05, 0) is 53.0 Å². The van der Waals surface area contributed by atoms with Gasteiger partial charge in [-0.15, -0.1) is 11.3 Å². The first kappa shape index (κ1) is 16.0. The van der Waals surface area contributed by atoms with Crippen LogP contribution in [0.4, 0.5) is 4.39 Å². The van der Waals surface area contributed by atoms with Crippen molar-refractivity contribution in [3.8, 4) is 0 Å². The maximum atomic E-state index is 13.8. The zero-order chi connectivity index (χ0) is 14.5. The third-order valence-electron chi connectivity index (χ3n) is 3.03. The van der Waals surface area contributed by atoms with Crippen molar-refractivity contribution in [3.63, 3.8) is 0 Å². The molecule has 0 amide bonds. The molecule has 1 unspecified atom stereocenters. The molecule has 0 bridgehead atoms. The van der Waals surface area contributed by atoms with Crippen LogP contribution in [0.2, 0.25) is 4.34 Å². The van der Waals surface area contributed by atoms with Crippen LogP contribution >= 0.6 is 38.9 Å². The second kappa shape index (κ2) is 7.55. The standard InChI is InChI=1S/C15H16BrClFNS/c1-2-7-19-13(14-9-11(16)15(17)20-14)8-10-5-3-4-6-12(10)18/h3-6,9,13,19H,2,7-8H2,1H3. The number of halogens is 3. The van der Waals surface area contributed by atoms with Crippen molar-refractivity contribution in [2.75, 3.05) is 6.54 Å². The molecule has 0 saturated carbocycles. The molecular weight excluding hydrogens is 361 g/mol. The fraction of sp³-hybridized carbons (Fsp3) is 0.333. The van der Waals surface area contributed by atoms with Gasteiger partial charge in [-0.3, -0.25) is 0 Å². The molecule has 0 aliphatic heterocycles. The van der Waals surface area contributed by atoms with E-state index in [1.807, 2.05) is 18.2 Å². The van der Waals surface area contributed by atoms with E-state index in [-0.39, 0.29) is 11.9 Å². The minimum atomic E-state index is -0.155. The average molecular weight is 377 g/mol. The predicted molar refractivity (Wildman–Crippen MR) is 88.2 cm³/mol. The van der Waals surface area contributed by atoms with Crippen LogP contribution in [0.5, 0.6) is 0 Å². The van der Waals surface area contributed by atoms with E-state index in [9.17, 15) is 4.39 Å². The molecule has 1 nitrogen and oxygen atoms in total. The van der Waals surface area contributed by atoms with Gasteiger partial charge in [-0.25, -0.2) is 4.39 Å². The Morgan fingerprint density at radius 1 is 1.40 bits per heavy atom. The molecule has 0 radical (unpaired) electrons. The molecule has 1 heterocycles. The van der Waals surface area contributed by atoms with Crippen LogP contribution < -0.4 is 5.32 Å². The lowest BCUT2D eigenvalue weighted by Crippen LogP contribution is -2.23. The van der Waals surface area contributed by atoms with Gasteiger partial charge in [-0.1, -0.05) is 36.7 Å². The monoisotopic (exact) mass is 375 g/mol. The van der Waals surface area contributed by atoms with Crippen molar-refractivity contribution in [2.45, 2.75) is 25.8 Å². The van der Waals surface area contributed by atoms with Crippen LogP contribution in [0.3, 0.4) is 0 Å². The van der Waals surface area contributed by atoms with Crippen LogP contribution in [0.25, 0.3) is 0 Å². The normalized spacial score (nSPS) is 12.6. The van der Waals surface area contributed by atoms with Crippen molar-refractivity contribution in [3.05, 3.63) is 55.4 Å². The molecule has 0 aliphatic carbocycles. The van der Waals surface area contributed by atoms with Crippen LogP contribution in [0, 0.1) is 5.82 Å². The topological polar surface area (TPSA) is 12.0 Å². The molecule has 0 spiro atoms. The molecule has 5 heteroatoms. The van der Waals surface area contributed by atoms with E-state index in [1.165, 1.54) is 17.4 Å². The Bertz CT molecular complexity index is 553. The highest BCUT2D eigenvalue weighted by atomic mass is 79.9. The molecule has 1 aromatic heterocycles. The van der Waals surface area contributed by atoms with Gasteiger partial charge >= 0.3 is 0 Å². The summed E-state index contributed by atoms with van der Waals surface area (Å²) in [7, 11) is 0. The average Bonchev–Trinajstić information content (AvgIpc) is 2.76. The van der Waals surface area contributed by atoms with E-state index in [4.69, 9.17) is 11.6 Å². The Morgan fingerprint density at radius 3 is 2.75 bits per heavy atom. The van der Waals surface area contributed by atoms with Gasteiger partial charge in [0, 0.05) is 15.4 Å².